The zero-order valence-corrected chi connectivity index (χ0v) is 55.9. The van der Waals surface area contributed by atoms with E-state index in [0.29, 0.717) is 117 Å². The minimum Gasteiger partial charge on any atom is -0.446 e. The van der Waals surface area contributed by atoms with Crippen molar-refractivity contribution in [3.8, 4) is 11.1 Å². The largest absolute Gasteiger partial charge is 0.446 e. The third-order valence-corrected chi connectivity index (χ3v) is 20.4. The molecule has 97 heavy (non-hydrogen) atoms. The van der Waals surface area contributed by atoms with Crippen molar-refractivity contribution in [3.05, 3.63) is 171 Å². The Bertz CT molecular complexity index is 3660. The molecule has 0 saturated carbocycles. The van der Waals surface area contributed by atoms with Gasteiger partial charge in [-0.15, -0.1) is 0 Å². The average molecular weight is 1370 g/mol. The van der Waals surface area contributed by atoms with Crippen LogP contribution in [0.15, 0.2) is 121 Å². The second-order valence-corrected chi connectivity index (χ2v) is 26.8. The van der Waals surface area contributed by atoms with Crippen LogP contribution in [0, 0.1) is 12.7 Å². The van der Waals surface area contributed by atoms with Crippen molar-refractivity contribution in [2.45, 2.75) is 113 Å². The highest BCUT2D eigenvalue weighted by Gasteiger charge is 2.50. The number of carbonyl (C=O) groups excluding carboxylic acids is 5. The molecule has 3 aliphatic heterocycles. The van der Waals surface area contributed by atoms with E-state index in [2.05, 4.69) is 37.6 Å². The summed E-state index contributed by atoms with van der Waals surface area (Å²) in [5, 5.41) is 6.92. The Hall–Kier alpha value is -7.97. The van der Waals surface area contributed by atoms with Crippen molar-refractivity contribution in [2.24, 2.45) is 0 Å². The molecule has 6 aromatic rings. The Morgan fingerprint density at radius 3 is 2.08 bits per heavy atom. The summed E-state index contributed by atoms with van der Waals surface area (Å²) < 4.78 is 116. The van der Waals surface area contributed by atoms with E-state index in [0.717, 1.165) is 78.9 Å². The van der Waals surface area contributed by atoms with Gasteiger partial charge in [-0.25, -0.2) is 14.2 Å². The number of amides is 5. The minimum absolute atomic E-state index is 0.0292. The minimum atomic E-state index is -5.15. The van der Waals surface area contributed by atoms with E-state index in [4.69, 9.17) is 14.2 Å². The van der Waals surface area contributed by atoms with E-state index in [1.54, 1.807) is 28.8 Å². The molecule has 3 saturated heterocycles. The molecule has 1 aliphatic carbocycles. The number of nitrogens with zero attached hydrogens (tertiary/aromatic N) is 7. The van der Waals surface area contributed by atoms with E-state index in [9.17, 15) is 54.7 Å². The summed E-state index contributed by atoms with van der Waals surface area (Å²) in [6, 6.07) is 31.9. The number of benzene rings is 5. The van der Waals surface area contributed by atoms with Crippen LogP contribution in [-0.2, 0) is 53.6 Å². The second-order valence-electron chi connectivity index (χ2n) is 25.8. The first-order chi connectivity index (χ1) is 46.4. The second kappa shape index (κ2) is 31.7. The van der Waals surface area contributed by atoms with Gasteiger partial charge >= 0.3 is 18.4 Å². The van der Waals surface area contributed by atoms with Gasteiger partial charge in [0.2, 0.25) is 11.8 Å². The zero-order chi connectivity index (χ0) is 69.1. The van der Waals surface area contributed by atoms with Crippen LogP contribution in [0.4, 0.5) is 46.3 Å². The number of piperidine rings is 2. The van der Waals surface area contributed by atoms with Crippen LogP contribution in [-0.4, -0.2) is 183 Å². The van der Waals surface area contributed by atoms with Gasteiger partial charge in [-0.2, -0.15) is 26.3 Å². The van der Waals surface area contributed by atoms with Crippen LogP contribution < -0.4 is 10.6 Å². The number of alkyl halides is 6. The third kappa shape index (κ3) is 18.0. The molecule has 0 unspecified atom stereocenters. The first-order valence-electron chi connectivity index (χ1n) is 33.1. The van der Waals surface area contributed by atoms with Crippen molar-refractivity contribution in [1.82, 2.24) is 34.4 Å². The van der Waals surface area contributed by atoms with Crippen molar-refractivity contribution < 1.29 is 68.9 Å². The number of nitrogens with one attached hydrogen (secondary N) is 2. The summed E-state index contributed by atoms with van der Waals surface area (Å²) in [7, 11) is 5.28. The lowest BCUT2D eigenvalue weighted by molar-refractivity contribution is -0.143. The SMILES string of the molecule is Cc1nc(NCCCCCC(=O)N(C)CCN2CCC(OC(=O)Nc3ccccc3-c3ccccc3)CC2)sc1C(=O)N(C)CCCN(C)C(=O)CO[C@H]1Cc2ccccc2C12CCN(CC[C@]1(c3ccc(F)cc3)CN(C(=O)c3cc(C(F)(F)F)cc(C(F)(F)F)c3)CO1)CC2. The number of rotatable bonds is 26. The predicted octanol–water partition coefficient (Wildman–Crippen LogP) is 12.8. The van der Waals surface area contributed by atoms with Crippen LogP contribution in [0.5, 0.6) is 0 Å². The number of fused-ring (bicyclic) bond motifs is 2. The number of hydrogen-bond acceptors (Lipinski definition) is 13. The maximum Gasteiger partial charge on any atom is 0.416 e. The maximum absolute atomic E-state index is 14.2. The zero-order valence-electron chi connectivity index (χ0n) is 55.1. The Balaban J connectivity index is 0.613. The molecule has 0 bridgehead atoms. The highest BCUT2D eigenvalue weighted by molar-refractivity contribution is 7.17. The number of ether oxygens (including phenoxy) is 3. The molecule has 2 N–H and O–H groups in total. The molecule has 1 spiro atoms. The summed E-state index contributed by atoms with van der Waals surface area (Å²) in [4.78, 5) is 82.8. The molecular formula is C72H84F7N9O8S. The standard InChI is InChI=1S/C72H84F7N9O8S/c1-49-64(97-67(81-49)80-32-14-6-9-22-62(89)84(3)40-41-86-35-27-57(28-36-86)96-68(93)82-60-21-13-11-19-58(60)50-16-7-5-8-17-50)66(92)85(4)34-15-33-83(2)63(90)46-94-61-44-51-18-10-12-20-59(51)69(61)29-37-87(38-30-69)39-31-70(53-23-25-56(73)26-24-53)47-88(48-95-70)65(91)52-42-54(71(74,75)76)45-55(43-52)72(77,78)79/h5,7-8,10-13,16-21,23-26,42-43,45,57,61H,6,9,14-15,22,27-41,44,46-48H2,1-4H3,(H,80,81)(H,82,93)/t61-,70+/m0/s1. The number of anilines is 2. The van der Waals surface area contributed by atoms with Crippen LogP contribution in [0.25, 0.3) is 11.1 Å². The highest BCUT2D eigenvalue weighted by atomic mass is 32.1. The molecule has 10 rings (SSSR count). The van der Waals surface area contributed by atoms with Crippen molar-refractivity contribution in [3.63, 3.8) is 0 Å². The fourth-order valence-electron chi connectivity index (χ4n) is 13.6. The summed E-state index contributed by atoms with van der Waals surface area (Å²) in [5.74, 6) is -1.87. The average Bonchev–Trinajstić information content (AvgIpc) is 1.61. The van der Waals surface area contributed by atoms with Crippen LogP contribution in [0.2, 0.25) is 0 Å². The molecule has 17 nitrogen and oxygen atoms in total. The number of para-hydroxylation sites is 1. The van der Waals surface area contributed by atoms with Gasteiger partial charge in [0, 0.05) is 96.5 Å². The summed E-state index contributed by atoms with van der Waals surface area (Å²) >= 11 is 1.30. The molecule has 0 radical (unpaired) electrons. The lowest BCUT2D eigenvalue weighted by atomic mass is 9.72. The first kappa shape index (κ1) is 71.8. The number of unbranched alkanes of at least 4 members (excludes halogenated alkanes) is 2. The Kier molecular flexibility index (Phi) is 23.5. The quantitative estimate of drug-likeness (QED) is 0.0390. The number of halogens is 7. The monoisotopic (exact) mass is 1370 g/mol. The molecule has 1 aromatic heterocycles. The number of likely N-dealkylation sites (tertiary alicyclic amines) is 2. The lowest BCUT2D eigenvalue weighted by Crippen LogP contribution is -2.50. The number of thiazole rings is 1. The van der Waals surface area contributed by atoms with Gasteiger partial charge < -0.3 is 48.9 Å². The van der Waals surface area contributed by atoms with E-state index in [1.807, 2.05) is 80.7 Å². The van der Waals surface area contributed by atoms with E-state index < -0.39 is 64.6 Å². The molecular weight excluding hydrogens is 1280 g/mol. The van der Waals surface area contributed by atoms with Gasteiger partial charge in [0.25, 0.3) is 11.8 Å². The summed E-state index contributed by atoms with van der Waals surface area (Å²) in [5.41, 5.74) is 0.347. The van der Waals surface area contributed by atoms with Crippen molar-refractivity contribution >= 4 is 51.9 Å². The number of aryl methyl sites for hydroxylation is 1. The molecule has 25 heteroatoms. The number of likely N-dealkylation sites (N-methyl/N-ethyl adjacent to an activating group) is 2. The smallest absolute Gasteiger partial charge is 0.416 e. The van der Waals surface area contributed by atoms with Crippen molar-refractivity contribution in [1.29, 1.82) is 0 Å². The van der Waals surface area contributed by atoms with E-state index >= 15 is 0 Å². The van der Waals surface area contributed by atoms with Crippen molar-refractivity contribution in [2.75, 3.05) is 117 Å². The number of aromatic nitrogens is 1. The van der Waals surface area contributed by atoms with Gasteiger partial charge in [0.15, 0.2) is 5.13 Å². The van der Waals surface area contributed by atoms with Gasteiger partial charge in [0.05, 0.1) is 35.2 Å². The van der Waals surface area contributed by atoms with E-state index in [-0.39, 0.29) is 55.6 Å². The lowest BCUT2D eigenvalue weighted by Gasteiger charge is -2.44. The first-order valence-corrected chi connectivity index (χ1v) is 33.9. The Morgan fingerprint density at radius 2 is 1.37 bits per heavy atom. The van der Waals surface area contributed by atoms with Crippen LogP contribution in [0.3, 0.4) is 0 Å². The molecule has 520 valence electrons. The molecule has 3 fully saturated rings. The summed E-state index contributed by atoms with van der Waals surface area (Å²) in [6.45, 7) is 6.95. The molecule has 5 amide bonds. The van der Waals surface area contributed by atoms with Crippen LogP contribution in [0.1, 0.15) is 118 Å². The van der Waals surface area contributed by atoms with Gasteiger partial charge in [0.1, 0.15) is 35.7 Å². The highest BCUT2D eigenvalue weighted by Crippen LogP contribution is 2.49. The topological polar surface area (TPSA) is 169 Å². The third-order valence-electron chi connectivity index (χ3n) is 19.3. The Labute approximate surface area is 565 Å². The van der Waals surface area contributed by atoms with E-state index in [1.165, 1.54) is 35.6 Å². The van der Waals surface area contributed by atoms with Gasteiger partial charge in [-0.05, 0) is 136 Å². The maximum atomic E-state index is 14.2. The number of hydrogen-bond donors (Lipinski definition) is 2. The molecule has 2 atom stereocenters. The molecule has 4 heterocycles. The van der Waals surface area contributed by atoms with Gasteiger partial charge in [-0.3, -0.25) is 24.5 Å². The fourth-order valence-corrected chi connectivity index (χ4v) is 14.6. The van der Waals surface area contributed by atoms with Crippen LogP contribution >= 0.6 is 11.3 Å². The molecule has 4 aliphatic rings. The molecule has 5 aromatic carbocycles. The Morgan fingerprint density at radius 1 is 0.722 bits per heavy atom. The normalized spacial score (nSPS) is 18.2. The number of carbonyl (C=O) groups is 5. The predicted molar refractivity (Wildman–Crippen MR) is 355 cm³/mol. The summed E-state index contributed by atoms with van der Waals surface area (Å²) in [6.07, 6.45) is -4.24. The fraction of sp³-hybridized carbons (Fsp3) is 0.472. The van der Waals surface area contributed by atoms with Gasteiger partial charge in [-0.1, -0.05) is 103 Å².